The third-order valence-electron chi connectivity index (χ3n) is 2.48. The molecule has 1 heterocycles. The summed E-state index contributed by atoms with van der Waals surface area (Å²) in [7, 11) is 2.03. The Hall–Kier alpha value is -0.720. The molecule has 0 atom stereocenters. The topological polar surface area (TPSA) is 41.4 Å². The van der Waals surface area contributed by atoms with Crippen molar-refractivity contribution in [1.82, 2.24) is 15.2 Å². The number of hydrogen-bond acceptors (Lipinski definition) is 1. The van der Waals surface area contributed by atoms with E-state index >= 15 is 0 Å². The lowest BCUT2D eigenvalue weighted by molar-refractivity contribution is 0.730. The lowest BCUT2D eigenvalue weighted by Gasteiger charge is -2.10. The monoisotopic (exact) mass is 364 g/mol. The zero-order valence-corrected chi connectivity index (χ0v) is 13.9. The summed E-state index contributed by atoms with van der Waals surface area (Å²) < 4.78 is 2.04. The highest BCUT2D eigenvalue weighted by Crippen LogP contribution is 2.00. The average Bonchev–Trinajstić information content (AvgIpc) is 2.72. The molecule has 0 spiro atoms. The second kappa shape index (κ2) is 10.2. The number of hydrogen-bond donors (Lipinski definition) is 2. The van der Waals surface area contributed by atoms with E-state index in [0.29, 0.717) is 0 Å². The van der Waals surface area contributed by atoms with Crippen LogP contribution in [0.3, 0.4) is 0 Å². The molecule has 0 unspecified atom stereocenters. The highest BCUT2D eigenvalue weighted by molar-refractivity contribution is 14.0. The van der Waals surface area contributed by atoms with E-state index in [-0.39, 0.29) is 24.0 Å². The molecule has 1 aromatic heterocycles. The Bertz CT molecular complexity index is 347. The molecule has 5 heteroatoms. The number of rotatable bonds is 6. The Morgan fingerprint density at radius 3 is 2.67 bits per heavy atom. The van der Waals surface area contributed by atoms with Gasteiger partial charge >= 0.3 is 0 Å². The molecule has 1 rings (SSSR count). The number of aryl methyl sites for hydroxylation is 1. The summed E-state index contributed by atoms with van der Waals surface area (Å²) in [6.45, 7) is 6.88. The molecule has 0 aliphatic rings. The number of aliphatic imine (C=N–C) groups is 1. The molecule has 4 nitrogen and oxygen atoms in total. The van der Waals surface area contributed by atoms with E-state index in [0.717, 1.165) is 25.6 Å². The molecule has 0 saturated carbocycles. The van der Waals surface area contributed by atoms with Gasteiger partial charge in [-0.05, 0) is 25.0 Å². The van der Waals surface area contributed by atoms with Gasteiger partial charge in [0.25, 0.3) is 0 Å². The third-order valence-corrected chi connectivity index (χ3v) is 2.48. The van der Waals surface area contributed by atoms with Crippen molar-refractivity contribution < 1.29 is 0 Å². The van der Waals surface area contributed by atoms with Gasteiger partial charge in [0.1, 0.15) is 0 Å². The first kappa shape index (κ1) is 17.3. The second-order valence-corrected chi connectivity index (χ2v) is 4.16. The summed E-state index contributed by atoms with van der Waals surface area (Å²) in [4.78, 5) is 4.55. The normalized spacial score (nSPS) is 10.9. The molecule has 0 saturated heterocycles. The molecular weight excluding hydrogens is 339 g/mol. The van der Waals surface area contributed by atoms with Gasteiger partial charge in [0.2, 0.25) is 0 Å². The van der Waals surface area contributed by atoms with Gasteiger partial charge in [0, 0.05) is 32.5 Å². The van der Waals surface area contributed by atoms with E-state index in [4.69, 9.17) is 0 Å². The fourth-order valence-electron chi connectivity index (χ4n) is 1.55. The molecule has 18 heavy (non-hydrogen) atoms. The van der Waals surface area contributed by atoms with Crippen LogP contribution < -0.4 is 10.6 Å². The highest BCUT2D eigenvalue weighted by Gasteiger charge is 1.97. The molecule has 2 N–H and O–H groups in total. The molecule has 0 aromatic carbocycles. The Balaban J connectivity index is 0.00000289. The minimum atomic E-state index is 0. The van der Waals surface area contributed by atoms with Crippen LogP contribution in [0.2, 0.25) is 0 Å². The van der Waals surface area contributed by atoms with Gasteiger partial charge in [-0.2, -0.15) is 0 Å². The predicted molar refractivity (Wildman–Crippen MR) is 88.6 cm³/mol. The molecule has 0 fully saturated rings. The number of nitrogens with one attached hydrogen (secondary N) is 2. The largest absolute Gasteiger partial charge is 0.357 e. The Kier molecular flexibility index (Phi) is 9.82. The first-order valence-corrected chi connectivity index (χ1v) is 6.39. The van der Waals surface area contributed by atoms with E-state index in [2.05, 4.69) is 41.7 Å². The van der Waals surface area contributed by atoms with Crippen molar-refractivity contribution in [2.75, 3.05) is 13.1 Å². The maximum atomic E-state index is 4.55. The fraction of sp³-hybridized carbons (Fsp3) is 0.615. The molecular formula is C13H25IN4. The molecule has 0 aliphatic heterocycles. The van der Waals surface area contributed by atoms with Crippen LogP contribution in [0.5, 0.6) is 0 Å². The van der Waals surface area contributed by atoms with Crippen LogP contribution in [0.15, 0.2) is 23.5 Å². The number of nitrogens with zero attached hydrogens (tertiary/aromatic N) is 2. The van der Waals surface area contributed by atoms with Crippen LogP contribution in [-0.4, -0.2) is 23.6 Å². The second-order valence-electron chi connectivity index (χ2n) is 4.16. The van der Waals surface area contributed by atoms with Gasteiger partial charge in [0.05, 0.1) is 6.54 Å². The van der Waals surface area contributed by atoms with Crippen LogP contribution in [0, 0.1) is 0 Å². The lowest BCUT2D eigenvalue weighted by atomic mass is 10.3. The maximum Gasteiger partial charge on any atom is 0.191 e. The summed E-state index contributed by atoms with van der Waals surface area (Å²) in [6, 6.07) is 2.10. The minimum absolute atomic E-state index is 0. The van der Waals surface area contributed by atoms with Crippen LogP contribution in [-0.2, 0) is 13.6 Å². The van der Waals surface area contributed by atoms with Crippen LogP contribution in [0.4, 0.5) is 0 Å². The predicted octanol–water partition coefficient (Wildman–Crippen LogP) is 2.50. The van der Waals surface area contributed by atoms with Crippen molar-refractivity contribution >= 4 is 29.9 Å². The van der Waals surface area contributed by atoms with Gasteiger partial charge < -0.3 is 15.2 Å². The van der Waals surface area contributed by atoms with E-state index in [9.17, 15) is 0 Å². The van der Waals surface area contributed by atoms with E-state index in [1.54, 1.807) is 0 Å². The van der Waals surface area contributed by atoms with Gasteiger partial charge in [-0.1, -0.05) is 13.3 Å². The summed E-state index contributed by atoms with van der Waals surface area (Å²) in [6.07, 6.45) is 6.52. The number of guanidine groups is 1. The number of unbranched alkanes of at least 4 members (excludes halogenated alkanes) is 1. The van der Waals surface area contributed by atoms with Crippen LogP contribution >= 0.6 is 24.0 Å². The van der Waals surface area contributed by atoms with Gasteiger partial charge in [-0.15, -0.1) is 24.0 Å². The Morgan fingerprint density at radius 2 is 2.11 bits per heavy atom. The zero-order chi connectivity index (χ0) is 12.5. The standard InChI is InChI=1S/C13H24N4.HI/c1-4-6-8-15-13(14-5-2)16-10-12-7-9-17(3)11-12;/h7,9,11H,4-6,8,10H2,1-3H3,(H2,14,15,16);1H. The Morgan fingerprint density at radius 1 is 1.33 bits per heavy atom. The molecule has 104 valence electrons. The fourth-order valence-corrected chi connectivity index (χ4v) is 1.55. The minimum Gasteiger partial charge on any atom is -0.357 e. The number of aromatic nitrogens is 1. The average molecular weight is 364 g/mol. The van der Waals surface area contributed by atoms with Gasteiger partial charge in [-0.3, -0.25) is 0 Å². The van der Waals surface area contributed by atoms with E-state index in [1.165, 1.54) is 18.4 Å². The first-order valence-electron chi connectivity index (χ1n) is 6.39. The zero-order valence-electron chi connectivity index (χ0n) is 11.6. The first-order chi connectivity index (χ1) is 8.26. The SMILES string of the molecule is CCCCNC(=NCc1ccn(C)c1)NCC.I. The number of halogens is 1. The van der Waals surface area contributed by atoms with Crippen LogP contribution in [0.1, 0.15) is 32.3 Å². The van der Waals surface area contributed by atoms with Crippen molar-refractivity contribution in [2.24, 2.45) is 12.0 Å². The van der Waals surface area contributed by atoms with Crippen LogP contribution in [0.25, 0.3) is 0 Å². The highest BCUT2D eigenvalue weighted by atomic mass is 127. The van der Waals surface area contributed by atoms with Crippen molar-refractivity contribution in [3.05, 3.63) is 24.0 Å². The molecule has 0 aliphatic carbocycles. The molecule has 1 aromatic rings. The van der Waals surface area contributed by atoms with Crippen molar-refractivity contribution in [1.29, 1.82) is 0 Å². The van der Waals surface area contributed by atoms with Crippen molar-refractivity contribution in [3.63, 3.8) is 0 Å². The van der Waals surface area contributed by atoms with E-state index < -0.39 is 0 Å². The van der Waals surface area contributed by atoms with Crippen molar-refractivity contribution in [2.45, 2.75) is 33.2 Å². The summed E-state index contributed by atoms with van der Waals surface area (Å²) in [5.74, 6) is 0.907. The van der Waals surface area contributed by atoms with E-state index in [1.807, 2.05) is 17.8 Å². The van der Waals surface area contributed by atoms with Gasteiger partial charge in [0.15, 0.2) is 5.96 Å². The molecule has 0 radical (unpaired) electrons. The summed E-state index contributed by atoms with van der Waals surface area (Å²) in [5, 5.41) is 6.58. The Labute approximate surface area is 127 Å². The third kappa shape index (κ3) is 6.88. The summed E-state index contributed by atoms with van der Waals surface area (Å²) >= 11 is 0. The lowest BCUT2D eigenvalue weighted by Crippen LogP contribution is -2.37. The summed E-state index contributed by atoms with van der Waals surface area (Å²) in [5.41, 5.74) is 1.24. The molecule has 0 amide bonds. The maximum absolute atomic E-state index is 4.55. The van der Waals surface area contributed by atoms with Crippen molar-refractivity contribution in [3.8, 4) is 0 Å². The van der Waals surface area contributed by atoms with Gasteiger partial charge in [-0.25, -0.2) is 4.99 Å². The molecule has 0 bridgehead atoms. The quantitative estimate of drug-likeness (QED) is 0.353. The smallest absolute Gasteiger partial charge is 0.191 e.